The van der Waals surface area contributed by atoms with Gasteiger partial charge in [0.15, 0.2) is 0 Å². The fourth-order valence-corrected chi connectivity index (χ4v) is 3.47. The first-order chi connectivity index (χ1) is 10.2. The van der Waals surface area contributed by atoms with Gasteiger partial charge in [0, 0.05) is 17.8 Å². The van der Waals surface area contributed by atoms with Gasteiger partial charge in [0.05, 0.1) is 17.0 Å². The van der Waals surface area contributed by atoms with E-state index in [0.29, 0.717) is 18.0 Å². The normalized spacial score (nSPS) is 21.4. The standard InChI is InChI=1S/C17H23NO2S/c1-2-13-6-8-15(9-7-13)18-17(20)14-11-16(21-12-14)5-3-4-10-19/h11-13,15,19H,2,4,6-10H2,1H3,(H,18,20). The van der Waals surface area contributed by atoms with E-state index < -0.39 is 0 Å². The van der Waals surface area contributed by atoms with Gasteiger partial charge < -0.3 is 10.4 Å². The summed E-state index contributed by atoms with van der Waals surface area (Å²) in [5, 5.41) is 13.7. The van der Waals surface area contributed by atoms with E-state index in [0.717, 1.165) is 23.6 Å². The molecule has 0 atom stereocenters. The number of carbonyl (C=O) groups excluding carboxylic acids is 1. The Balaban J connectivity index is 1.85. The van der Waals surface area contributed by atoms with Crippen LogP contribution in [0.5, 0.6) is 0 Å². The van der Waals surface area contributed by atoms with Gasteiger partial charge in [-0.25, -0.2) is 0 Å². The molecular formula is C17H23NO2S. The third-order valence-corrected chi connectivity index (χ3v) is 4.91. The Morgan fingerprint density at radius 2 is 2.19 bits per heavy atom. The lowest BCUT2D eigenvalue weighted by molar-refractivity contribution is 0.0922. The lowest BCUT2D eigenvalue weighted by atomic mass is 9.84. The number of carbonyl (C=O) groups is 1. The van der Waals surface area contributed by atoms with Crippen LogP contribution in [0.3, 0.4) is 0 Å². The van der Waals surface area contributed by atoms with E-state index in [2.05, 4.69) is 24.1 Å². The van der Waals surface area contributed by atoms with Crippen LogP contribution in [0, 0.1) is 17.8 Å². The van der Waals surface area contributed by atoms with Crippen molar-refractivity contribution in [3.8, 4) is 11.8 Å². The number of hydrogen-bond donors (Lipinski definition) is 2. The maximum Gasteiger partial charge on any atom is 0.252 e. The molecule has 0 spiro atoms. The van der Waals surface area contributed by atoms with Crippen molar-refractivity contribution in [1.29, 1.82) is 0 Å². The Bertz CT molecular complexity index is 518. The summed E-state index contributed by atoms with van der Waals surface area (Å²) in [6.45, 7) is 2.32. The highest BCUT2D eigenvalue weighted by molar-refractivity contribution is 7.10. The minimum atomic E-state index is 0.0152. The molecule has 1 fully saturated rings. The van der Waals surface area contributed by atoms with Crippen molar-refractivity contribution < 1.29 is 9.90 Å². The van der Waals surface area contributed by atoms with Gasteiger partial charge in [-0.1, -0.05) is 25.2 Å². The molecule has 0 aromatic carbocycles. The summed E-state index contributed by atoms with van der Waals surface area (Å²) in [7, 11) is 0. The van der Waals surface area contributed by atoms with Crippen molar-refractivity contribution in [3.05, 3.63) is 21.9 Å². The van der Waals surface area contributed by atoms with Crippen molar-refractivity contribution in [1.82, 2.24) is 5.32 Å². The molecule has 0 saturated heterocycles. The zero-order chi connectivity index (χ0) is 15.1. The summed E-state index contributed by atoms with van der Waals surface area (Å²) in [6.07, 6.45) is 6.36. The molecule has 2 rings (SSSR count). The number of aliphatic hydroxyl groups excluding tert-OH is 1. The molecule has 0 unspecified atom stereocenters. The van der Waals surface area contributed by atoms with E-state index in [-0.39, 0.29) is 12.5 Å². The second kappa shape index (κ2) is 8.21. The fourth-order valence-electron chi connectivity index (χ4n) is 2.71. The monoisotopic (exact) mass is 305 g/mol. The van der Waals surface area contributed by atoms with Crippen LogP contribution in [-0.4, -0.2) is 23.7 Å². The molecular weight excluding hydrogens is 282 g/mol. The third-order valence-electron chi connectivity index (χ3n) is 4.07. The molecule has 1 heterocycles. The molecule has 1 amide bonds. The predicted molar refractivity (Wildman–Crippen MR) is 86.4 cm³/mol. The van der Waals surface area contributed by atoms with Gasteiger partial charge >= 0.3 is 0 Å². The van der Waals surface area contributed by atoms with Crippen LogP contribution in [0.1, 0.15) is 60.7 Å². The van der Waals surface area contributed by atoms with Crippen molar-refractivity contribution in [2.75, 3.05) is 6.61 Å². The molecule has 4 heteroatoms. The van der Waals surface area contributed by atoms with Crippen molar-refractivity contribution >= 4 is 17.2 Å². The van der Waals surface area contributed by atoms with E-state index >= 15 is 0 Å². The fraction of sp³-hybridized carbons (Fsp3) is 0.588. The first-order valence-electron chi connectivity index (χ1n) is 7.72. The summed E-state index contributed by atoms with van der Waals surface area (Å²) in [5.74, 6) is 6.70. The number of nitrogens with one attached hydrogen (secondary N) is 1. The molecule has 0 radical (unpaired) electrons. The van der Waals surface area contributed by atoms with E-state index in [1.54, 1.807) is 0 Å². The van der Waals surface area contributed by atoms with Gasteiger partial charge in [-0.05, 0) is 37.7 Å². The lowest BCUT2D eigenvalue weighted by Crippen LogP contribution is -2.37. The molecule has 0 aliphatic heterocycles. The Kier molecular flexibility index (Phi) is 6.28. The molecule has 2 N–H and O–H groups in total. The molecule has 0 bridgehead atoms. The van der Waals surface area contributed by atoms with Gasteiger partial charge in [-0.2, -0.15) is 0 Å². The van der Waals surface area contributed by atoms with Crippen LogP contribution in [0.15, 0.2) is 11.4 Å². The number of hydrogen-bond acceptors (Lipinski definition) is 3. The maximum atomic E-state index is 12.2. The summed E-state index contributed by atoms with van der Waals surface area (Å²) >= 11 is 1.48. The van der Waals surface area contributed by atoms with Crippen LogP contribution in [-0.2, 0) is 0 Å². The molecule has 3 nitrogen and oxygen atoms in total. The second-order valence-corrected chi connectivity index (χ2v) is 6.49. The summed E-state index contributed by atoms with van der Waals surface area (Å²) < 4.78 is 0. The first-order valence-corrected chi connectivity index (χ1v) is 8.60. The Morgan fingerprint density at radius 3 is 2.86 bits per heavy atom. The van der Waals surface area contributed by atoms with Crippen LogP contribution >= 0.6 is 11.3 Å². The highest BCUT2D eigenvalue weighted by Crippen LogP contribution is 2.26. The summed E-state index contributed by atoms with van der Waals surface area (Å²) in [5.41, 5.74) is 0.700. The van der Waals surface area contributed by atoms with Crippen molar-refractivity contribution in [3.63, 3.8) is 0 Å². The average molecular weight is 305 g/mol. The highest BCUT2D eigenvalue weighted by atomic mass is 32.1. The van der Waals surface area contributed by atoms with Gasteiger partial charge in [0.25, 0.3) is 5.91 Å². The quantitative estimate of drug-likeness (QED) is 0.839. The lowest BCUT2D eigenvalue weighted by Gasteiger charge is -2.28. The number of aliphatic hydroxyl groups is 1. The number of rotatable bonds is 4. The van der Waals surface area contributed by atoms with Gasteiger partial charge in [0.2, 0.25) is 0 Å². The van der Waals surface area contributed by atoms with E-state index in [9.17, 15) is 4.79 Å². The topological polar surface area (TPSA) is 49.3 Å². The number of amides is 1. The van der Waals surface area contributed by atoms with Gasteiger partial charge in [-0.15, -0.1) is 11.3 Å². The van der Waals surface area contributed by atoms with Crippen molar-refractivity contribution in [2.24, 2.45) is 5.92 Å². The minimum absolute atomic E-state index is 0.0152. The second-order valence-electron chi connectivity index (χ2n) is 5.57. The summed E-state index contributed by atoms with van der Waals surface area (Å²) in [4.78, 5) is 13.1. The Morgan fingerprint density at radius 1 is 1.43 bits per heavy atom. The van der Waals surface area contributed by atoms with E-state index in [4.69, 9.17) is 5.11 Å². The van der Waals surface area contributed by atoms with Crippen LogP contribution in [0.4, 0.5) is 0 Å². The Hall–Kier alpha value is -1.31. The zero-order valence-electron chi connectivity index (χ0n) is 12.5. The van der Waals surface area contributed by atoms with Crippen LogP contribution in [0.25, 0.3) is 0 Å². The molecule has 1 aliphatic rings. The molecule has 21 heavy (non-hydrogen) atoms. The Labute approximate surface area is 130 Å². The number of thiophene rings is 1. The largest absolute Gasteiger partial charge is 0.395 e. The predicted octanol–water partition coefficient (Wildman–Crippen LogP) is 3.18. The molecule has 1 aliphatic carbocycles. The van der Waals surface area contributed by atoms with Crippen molar-refractivity contribution in [2.45, 2.75) is 51.5 Å². The van der Waals surface area contributed by atoms with Crippen LogP contribution < -0.4 is 5.32 Å². The molecule has 1 aromatic rings. The minimum Gasteiger partial charge on any atom is -0.395 e. The van der Waals surface area contributed by atoms with E-state index in [1.165, 1.54) is 30.6 Å². The zero-order valence-corrected chi connectivity index (χ0v) is 13.3. The van der Waals surface area contributed by atoms with Crippen LogP contribution in [0.2, 0.25) is 0 Å². The molecule has 1 aromatic heterocycles. The highest BCUT2D eigenvalue weighted by Gasteiger charge is 2.21. The summed E-state index contributed by atoms with van der Waals surface area (Å²) in [6, 6.07) is 2.16. The molecule has 1 saturated carbocycles. The third kappa shape index (κ3) is 4.87. The average Bonchev–Trinajstić information content (AvgIpc) is 2.97. The SMILES string of the molecule is CCC1CCC(NC(=O)c2csc(C#CCCO)c2)CC1. The van der Waals surface area contributed by atoms with Gasteiger partial charge in [0.1, 0.15) is 0 Å². The maximum absolute atomic E-state index is 12.2. The van der Waals surface area contributed by atoms with E-state index in [1.807, 2.05) is 11.4 Å². The molecule has 114 valence electrons. The van der Waals surface area contributed by atoms with Gasteiger partial charge in [-0.3, -0.25) is 4.79 Å². The smallest absolute Gasteiger partial charge is 0.252 e. The first kappa shape index (κ1) is 16.1.